The van der Waals surface area contributed by atoms with Crippen LogP contribution in [0.1, 0.15) is 23.4 Å². The fraction of sp³-hybridized carbons (Fsp3) is 0.381. The molecule has 1 aliphatic heterocycles. The number of hydrogen-bond donors (Lipinski definition) is 0. The molecular weight excluding hydrogens is 384 g/mol. The molecule has 30 heavy (non-hydrogen) atoms. The predicted molar refractivity (Wildman–Crippen MR) is 110 cm³/mol. The Labute approximate surface area is 174 Å². The second-order valence-corrected chi connectivity index (χ2v) is 7.54. The van der Waals surface area contributed by atoms with Crippen molar-refractivity contribution < 1.29 is 14.3 Å². The van der Waals surface area contributed by atoms with Gasteiger partial charge in [-0.15, -0.1) is 0 Å². The molecule has 0 saturated heterocycles. The fourth-order valence-electron chi connectivity index (χ4n) is 3.77. The lowest BCUT2D eigenvalue weighted by Gasteiger charge is -2.35. The van der Waals surface area contributed by atoms with Gasteiger partial charge in [0.05, 0.1) is 12.2 Å². The molecule has 1 aliphatic rings. The third-order valence-corrected chi connectivity index (χ3v) is 5.37. The van der Waals surface area contributed by atoms with Crippen molar-refractivity contribution in [3.63, 3.8) is 0 Å². The van der Waals surface area contributed by atoms with E-state index >= 15 is 0 Å². The first-order valence-corrected chi connectivity index (χ1v) is 9.80. The van der Waals surface area contributed by atoms with E-state index < -0.39 is 6.10 Å². The van der Waals surface area contributed by atoms with Crippen molar-refractivity contribution in [3.8, 4) is 5.75 Å². The normalized spacial score (nSPS) is 15.6. The van der Waals surface area contributed by atoms with Gasteiger partial charge in [-0.2, -0.15) is 10.1 Å². The second-order valence-electron chi connectivity index (χ2n) is 7.54. The number of hydrogen-bond acceptors (Lipinski definition) is 6. The SMILES string of the molecule is Cc1nc2ncnn2c(C)c1CCC(=O)N1C[C@H](C(=O)N(C)C)Oc2ccccc21. The molecule has 0 N–H and O–H groups in total. The highest BCUT2D eigenvalue weighted by atomic mass is 16.5. The van der Waals surface area contributed by atoms with Crippen molar-refractivity contribution in [2.75, 3.05) is 25.5 Å². The lowest BCUT2D eigenvalue weighted by atomic mass is 10.1. The first kappa shape index (κ1) is 19.8. The lowest BCUT2D eigenvalue weighted by molar-refractivity contribution is -0.136. The van der Waals surface area contributed by atoms with Crippen LogP contribution >= 0.6 is 0 Å². The van der Waals surface area contributed by atoms with Crippen molar-refractivity contribution in [1.82, 2.24) is 24.5 Å². The zero-order valence-corrected chi connectivity index (χ0v) is 17.5. The molecule has 1 aromatic carbocycles. The molecule has 9 nitrogen and oxygen atoms in total. The molecule has 2 amide bonds. The van der Waals surface area contributed by atoms with Crippen molar-refractivity contribution in [2.45, 2.75) is 32.8 Å². The Kier molecular flexibility index (Phi) is 5.11. The van der Waals surface area contributed by atoms with E-state index in [0.29, 0.717) is 23.6 Å². The van der Waals surface area contributed by atoms with Gasteiger partial charge in [-0.1, -0.05) is 12.1 Å². The number of carbonyl (C=O) groups excluding carboxylic acids is 2. The molecular formula is C21H24N6O3. The van der Waals surface area contributed by atoms with Crippen molar-refractivity contribution >= 4 is 23.3 Å². The monoisotopic (exact) mass is 408 g/mol. The van der Waals surface area contributed by atoms with Gasteiger partial charge in [0, 0.05) is 31.9 Å². The van der Waals surface area contributed by atoms with Crippen LogP contribution in [0, 0.1) is 13.8 Å². The number of benzene rings is 1. The number of amides is 2. The van der Waals surface area contributed by atoms with E-state index in [2.05, 4.69) is 15.1 Å². The van der Waals surface area contributed by atoms with Crippen molar-refractivity contribution in [3.05, 3.63) is 47.5 Å². The van der Waals surface area contributed by atoms with E-state index in [0.717, 1.165) is 17.0 Å². The van der Waals surface area contributed by atoms with E-state index in [4.69, 9.17) is 4.74 Å². The van der Waals surface area contributed by atoms with Crippen LogP contribution in [0.3, 0.4) is 0 Å². The van der Waals surface area contributed by atoms with Crippen molar-refractivity contribution in [1.29, 1.82) is 0 Å². The maximum Gasteiger partial charge on any atom is 0.265 e. The van der Waals surface area contributed by atoms with Crippen LogP contribution in [0.25, 0.3) is 5.78 Å². The molecule has 0 spiro atoms. The van der Waals surface area contributed by atoms with Gasteiger partial charge in [-0.05, 0) is 38.0 Å². The highest BCUT2D eigenvalue weighted by Crippen LogP contribution is 2.34. The zero-order valence-electron chi connectivity index (χ0n) is 17.5. The number of aromatic nitrogens is 4. The van der Waals surface area contributed by atoms with Gasteiger partial charge in [0.1, 0.15) is 12.1 Å². The molecule has 4 rings (SSSR count). The molecule has 0 unspecified atom stereocenters. The van der Waals surface area contributed by atoms with Gasteiger partial charge in [0.15, 0.2) is 6.10 Å². The summed E-state index contributed by atoms with van der Waals surface area (Å²) in [5.41, 5.74) is 3.42. The summed E-state index contributed by atoms with van der Waals surface area (Å²) in [6.45, 7) is 4.05. The number of rotatable bonds is 4. The zero-order chi connectivity index (χ0) is 21.4. The minimum Gasteiger partial charge on any atom is -0.476 e. The summed E-state index contributed by atoms with van der Waals surface area (Å²) >= 11 is 0. The van der Waals surface area contributed by atoms with Gasteiger partial charge in [0.25, 0.3) is 11.7 Å². The Morgan fingerprint density at radius 2 is 2.00 bits per heavy atom. The van der Waals surface area contributed by atoms with Crippen LogP contribution < -0.4 is 9.64 Å². The summed E-state index contributed by atoms with van der Waals surface area (Å²) in [6.07, 6.45) is 1.54. The fourth-order valence-corrected chi connectivity index (χ4v) is 3.77. The average molecular weight is 408 g/mol. The van der Waals surface area contributed by atoms with Gasteiger partial charge >= 0.3 is 0 Å². The van der Waals surface area contributed by atoms with Crippen molar-refractivity contribution in [2.24, 2.45) is 0 Å². The molecule has 3 aromatic rings. The van der Waals surface area contributed by atoms with Crippen LogP contribution in [0.2, 0.25) is 0 Å². The molecule has 1 atom stereocenters. The summed E-state index contributed by atoms with van der Waals surface area (Å²) in [6, 6.07) is 7.30. The second kappa shape index (κ2) is 7.74. The quantitative estimate of drug-likeness (QED) is 0.650. The summed E-state index contributed by atoms with van der Waals surface area (Å²) in [5, 5.41) is 4.20. The van der Waals surface area contributed by atoms with Crippen LogP contribution in [0.15, 0.2) is 30.6 Å². The minimum atomic E-state index is -0.726. The smallest absolute Gasteiger partial charge is 0.265 e. The van der Waals surface area contributed by atoms with Crippen LogP contribution in [0.5, 0.6) is 5.75 Å². The average Bonchev–Trinajstić information content (AvgIpc) is 3.20. The summed E-state index contributed by atoms with van der Waals surface area (Å²) < 4.78 is 7.55. The number of para-hydroxylation sites is 2. The maximum absolute atomic E-state index is 13.2. The predicted octanol–water partition coefficient (Wildman–Crippen LogP) is 1.56. The Morgan fingerprint density at radius 1 is 1.23 bits per heavy atom. The van der Waals surface area contributed by atoms with E-state index in [1.807, 2.05) is 32.0 Å². The van der Waals surface area contributed by atoms with Crippen LogP contribution in [0.4, 0.5) is 5.69 Å². The van der Waals surface area contributed by atoms with Crippen LogP contribution in [-0.2, 0) is 16.0 Å². The minimum absolute atomic E-state index is 0.0696. The van der Waals surface area contributed by atoms with Crippen LogP contribution in [-0.4, -0.2) is 63.0 Å². The van der Waals surface area contributed by atoms with E-state index in [1.165, 1.54) is 11.2 Å². The number of likely N-dealkylation sites (N-methyl/N-ethyl adjacent to an activating group) is 1. The van der Waals surface area contributed by atoms with E-state index in [-0.39, 0.29) is 24.8 Å². The number of carbonyl (C=O) groups is 2. The summed E-state index contributed by atoms with van der Waals surface area (Å²) in [5.74, 6) is 0.845. The topological polar surface area (TPSA) is 92.9 Å². The molecule has 0 aliphatic carbocycles. The Balaban J connectivity index is 1.57. The van der Waals surface area contributed by atoms with Gasteiger partial charge < -0.3 is 14.5 Å². The number of nitrogens with zero attached hydrogens (tertiary/aromatic N) is 6. The highest BCUT2D eigenvalue weighted by molar-refractivity contribution is 5.97. The third kappa shape index (κ3) is 3.47. The standard InChI is InChI=1S/C21H24N6O3/c1-13-15(14(2)27-21(24-13)22-12-23-27)9-10-19(28)26-11-18(20(29)25(3)4)30-17-8-6-5-7-16(17)26/h5-8,12,18H,9-11H2,1-4H3/t18-/m1/s1. The first-order valence-electron chi connectivity index (χ1n) is 9.80. The van der Waals surface area contributed by atoms with Gasteiger partial charge in [-0.25, -0.2) is 9.50 Å². The maximum atomic E-state index is 13.2. The number of fused-ring (bicyclic) bond motifs is 2. The summed E-state index contributed by atoms with van der Waals surface area (Å²) in [4.78, 5) is 37.4. The molecule has 0 bridgehead atoms. The van der Waals surface area contributed by atoms with Gasteiger partial charge in [0.2, 0.25) is 5.91 Å². The number of aryl methyl sites for hydroxylation is 2. The lowest BCUT2D eigenvalue weighted by Crippen LogP contribution is -2.50. The molecule has 0 radical (unpaired) electrons. The number of ether oxygens (including phenoxy) is 1. The molecule has 156 valence electrons. The van der Waals surface area contributed by atoms with E-state index in [1.54, 1.807) is 29.6 Å². The Hall–Kier alpha value is -3.49. The Bertz CT molecular complexity index is 1120. The molecule has 0 saturated carbocycles. The molecule has 3 heterocycles. The van der Waals surface area contributed by atoms with Gasteiger partial charge in [-0.3, -0.25) is 9.59 Å². The summed E-state index contributed by atoms with van der Waals surface area (Å²) in [7, 11) is 3.36. The highest BCUT2D eigenvalue weighted by Gasteiger charge is 2.34. The largest absolute Gasteiger partial charge is 0.476 e. The molecule has 0 fully saturated rings. The third-order valence-electron chi connectivity index (χ3n) is 5.37. The molecule has 2 aromatic heterocycles. The Morgan fingerprint density at radius 3 is 2.77 bits per heavy atom. The first-order chi connectivity index (χ1) is 14.4. The number of anilines is 1. The molecule has 9 heteroatoms. The van der Waals surface area contributed by atoms with E-state index in [9.17, 15) is 9.59 Å².